The molecule has 0 atom stereocenters. The summed E-state index contributed by atoms with van der Waals surface area (Å²) in [6, 6.07) is 18.7. The topological polar surface area (TPSA) is 64.0 Å². The molecule has 2 aromatic carbocycles. The number of sulfonamides is 1. The fraction of sp³-hybridized carbons (Fsp3) is 0.105. The third-order valence-corrected chi connectivity index (χ3v) is 6.50. The lowest BCUT2D eigenvalue weighted by Gasteiger charge is -2.09. The average Bonchev–Trinajstić information content (AvgIpc) is 3.32. The molecule has 0 fully saturated rings. The van der Waals surface area contributed by atoms with E-state index in [0.717, 1.165) is 21.3 Å². The second-order valence-electron chi connectivity index (χ2n) is 5.82. The van der Waals surface area contributed by atoms with Crippen LogP contribution < -0.4 is 4.72 Å². The molecule has 0 unspecified atom stereocenters. The van der Waals surface area contributed by atoms with E-state index in [0.29, 0.717) is 11.4 Å². The van der Waals surface area contributed by atoms with Gasteiger partial charge in [-0.15, -0.1) is 11.3 Å². The van der Waals surface area contributed by atoms with Gasteiger partial charge in [0.25, 0.3) is 0 Å². The molecule has 7 heteroatoms. The highest BCUT2D eigenvalue weighted by Crippen LogP contribution is 2.23. The van der Waals surface area contributed by atoms with Crippen molar-refractivity contribution in [2.24, 2.45) is 0 Å². The fourth-order valence-corrected chi connectivity index (χ4v) is 4.78. The minimum atomic E-state index is -3.58. The van der Waals surface area contributed by atoms with E-state index in [2.05, 4.69) is 9.82 Å². The lowest BCUT2D eigenvalue weighted by atomic mass is 10.1. The first-order valence-electron chi connectivity index (χ1n) is 8.18. The van der Waals surface area contributed by atoms with Gasteiger partial charge in [-0.1, -0.05) is 42.5 Å². The van der Waals surface area contributed by atoms with Crippen molar-refractivity contribution in [1.29, 1.82) is 0 Å². The van der Waals surface area contributed by atoms with Crippen LogP contribution >= 0.6 is 11.3 Å². The van der Waals surface area contributed by atoms with E-state index in [4.69, 9.17) is 0 Å². The smallest absolute Gasteiger partial charge is 0.241 e. The summed E-state index contributed by atoms with van der Waals surface area (Å²) < 4.78 is 29.8. The Kier molecular flexibility index (Phi) is 4.58. The van der Waals surface area contributed by atoms with Crippen LogP contribution in [0.1, 0.15) is 0 Å². The third kappa shape index (κ3) is 3.41. The standard InChI is InChI=1S/C19H17N3O2S2/c23-26(24,19-9-3-6-15-5-1-2-7-16(15)19)20-11-13-22-12-10-17(21-22)18-8-4-14-25-18/h1-10,12,14,20H,11,13H2. The molecule has 0 aliphatic heterocycles. The second kappa shape index (κ2) is 7.03. The van der Waals surface area contributed by atoms with Gasteiger partial charge in [-0.05, 0) is 29.0 Å². The molecule has 2 heterocycles. The molecule has 1 N–H and O–H groups in total. The Morgan fingerprint density at radius 2 is 1.85 bits per heavy atom. The van der Waals surface area contributed by atoms with Gasteiger partial charge in [0.2, 0.25) is 10.0 Å². The van der Waals surface area contributed by atoms with Gasteiger partial charge in [0.15, 0.2) is 0 Å². The van der Waals surface area contributed by atoms with Gasteiger partial charge in [0.1, 0.15) is 5.69 Å². The maximum absolute atomic E-state index is 12.7. The van der Waals surface area contributed by atoms with Gasteiger partial charge in [0, 0.05) is 18.1 Å². The number of hydrogen-bond donors (Lipinski definition) is 1. The molecule has 5 nitrogen and oxygen atoms in total. The number of hydrogen-bond acceptors (Lipinski definition) is 4. The summed E-state index contributed by atoms with van der Waals surface area (Å²) in [5, 5.41) is 8.12. The Balaban J connectivity index is 1.47. The highest BCUT2D eigenvalue weighted by molar-refractivity contribution is 7.89. The van der Waals surface area contributed by atoms with Crippen LogP contribution in [0.15, 0.2) is 77.1 Å². The molecule has 0 amide bonds. The maximum Gasteiger partial charge on any atom is 0.241 e. The molecule has 0 radical (unpaired) electrons. The molecule has 132 valence electrons. The van der Waals surface area contributed by atoms with Crippen molar-refractivity contribution in [3.63, 3.8) is 0 Å². The molecule has 0 saturated heterocycles. The number of fused-ring (bicyclic) bond motifs is 1. The Bertz CT molecular complexity index is 1130. The first kappa shape index (κ1) is 17.0. The molecule has 0 spiro atoms. The highest BCUT2D eigenvalue weighted by Gasteiger charge is 2.16. The zero-order valence-electron chi connectivity index (χ0n) is 13.9. The van der Waals surface area contributed by atoms with Gasteiger partial charge in [-0.25, -0.2) is 13.1 Å². The minimum Gasteiger partial charge on any atom is -0.271 e. The summed E-state index contributed by atoms with van der Waals surface area (Å²) in [6.07, 6.45) is 1.86. The van der Waals surface area contributed by atoms with E-state index in [1.807, 2.05) is 60.1 Å². The zero-order valence-corrected chi connectivity index (χ0v) is 15.5. The first-order valence-corrected chi connectivity index (χ1v) is 10.5. The van der Waals surface area contributed by atoms with Crippen LogP contribution in [0.5, 0.6) is 0 Å². The Morgan fingerprint density at radius 3 is 2.69 bits per heavy atom. The second-order valence-corrected chi connectivity index (χ2v) is 8.50. The predicted molar refractivity (Wildman–Crippen MR) is 105 cm³/mol. The molecule has 2 aromatic heterocycles. The van der Waals surface area contributed by atoms with Gasteiger partial charge >= 0.3 is 0 Å². The molecule has 0 aliphatic rings. The van der Waals surface area contributed by atoms with Gasteiger partial charge in [-0.2, -0.15) is 5.10 Å². The van der Waals surface area contributed by atoms with E-state index in [9.17, 15) is 8.42 Å². The molecule has 4 aromatic rings. The van der Waals surface area contributed by atoms with Crippen LogP contribution in [0.25, 0.3) is 21.3 Å². The average molecular weight is 383 g/mol. The monoisotopic (exact) mass is 383 g/mol. The largest absolute Gasteiger partial charge is 0.271 e. The van der Waals surface area contributed by atoms with Crippen molar-refractivity contribution in [2.75, 3.05) is 6.54 Å². The summed E-state index contributed by atoms with van der Waals surface area (Å²) >= 11 is 1.63. The fourth-order valence-electron chi connectivity index (χ4n) is 2.84. The Morgan fingerprint density at radius 1 is 1.00 bits per heavy atom. The summed E-state index contributed by atoms with van der Waals surface area (Å²) in [7, 11) is -3.58. The molecule has 4 rings (SSSR count). The molecule has 0 bridgehead atoms. The number of benzene rings is 2. The molecule has 0 saturated carbocycles. The summed E-state index contributed by atoms with van der Waals surface area (Å²) in [4.78, 5) is 1.40. The van der Waals surface area contributed by atoms with E-state index in [1.54, 1.807) is 28.2 Å². The van der Waals surface area contributed by atoms with E-state index >= 15 is 0 Å². The number of aromatic nitrogens is 2. The number of thiophene rings is 1. The van der Waals surface area contributed by atoms with Crippen LogP contribution in [0.4, 0.5) is 0 Å². The van der Waals surface area contributed by atoms with E-state index < -0.39 is 10.0 Å². The SMILES string of the molecule is O=S(=O)(NCCn1ccc(-c2cccs2)n1)c1cccc2ccccc12. The van der Waals surface area contributed by atoms with Crippen molar-refractivity contribution in [3.8, 4) is 10.6 Å². The van der Waals surface area contributed by atoms with Crippen molar-refractivity contribution in [2.45, 2.75) is 11.4 Å². The number of rotatable bonds is 6. The highest BCUT2D eigenvalue weighted by atomic mass is 32.2. The maximum atomic E-state index is 12.7. The molecular formula is C19H17N3O2S2. The molecule has 26 heavy (non-hydrogen) atoms. The van der Waals surface area contributed by atoms with Crippen molar-refractivity contribution in [1.82, 2.24) is 14.5 Å². The first-order chi connectivity index (χ1) is 12.6. The van der Waals surface area contributed by atoms with Crippen LogP contribution in [0.2, 0.25) is 0 Å². The van der Waals surface area contributed by atoms with E-state index in [1.165, 1.54) is 0 Å². The van der Waals surface area contributed by atoms with Crippen LogP contribution in [0, 0.1) is 0 Å². The zero-order chi connectivity index (χ0) is 18.0. The summed E-state index contributed by atoms with van der Waals surface area (Å²) in [6.45, 7) is 0.743. The predicted octanol–water partition coefficient (Wildman–Crippen LogP) is 3.74. The van der Waals surface area contributed by atoms with Crippen LogP contribution in [-0.2, 0) is 16.6 Å². The van der Waals surface area contributed by atoms with Gasteiger partial charge in [0.05, 0.1) is 16.3 Å². The molecule has 0 aliphatic carbocycles. The lowest BCUT2D eigenvalue weighted by Crippen LogP contribution is -2.27. The summed E-state index contributed by atoms with van der Waals surface area (Å²) in [5.74, 6) is 0. The van der Waals surface area contributed by atoms with E-state index in [-0.39, 0.29) is 6.54 Å². The van der Waals surface area contributed by atoms with Crippen LogP contribution in [-0.4, -0.2) is 24.7 Å². The quantitative estimate of drug-likeness (QED) is 0.552. The number of nitrogens with zero attached hydrogens (tertiary/aromatic N) is 2. The van der Waals surface area contributed by atoms with Crippen LogP contribution in [0.3, 0.4) is 0 Å². The van der Waals surface area contributed by atoms with Crippen molar-refractivity contribution >= 4 is 32.1 Å². The lowest BCUT2D eigenvalue weighted by molar-refractivity contribution is 0.562. The Labute approximate surface area is 156 Å². The van der Waals surface area contributed by atoms with Gasteiger partial charge < -0.3 is 0 Å². The number of nitrogens with one attached hydrogen (secondary N) is 1. The van der Waals surface area contributed by atoms with Crippen molar-refractivity contribution in [3.05, 3.63) is 72.2 Å². The van der Waals surface area contributed by atoms with Gasteiger partial charge in [-0.3, -0.25) is 4.68 Å². The third-order valence-electron chi connectivity index (χ3n) is 4.09. The van der Waals surface area contributed by atoms with Crippen molar-refractivity contribution < 1.29 is 8.42 Å². The summed E-state index contributed by atoms with van der Waals surface area (Å²) in [5.41, 5.74) is 0.900. The minimum absolute atomic E-state index is 0.275. The molecular weight excluding hydrogens is 366 g/mol. The Hall–Kier alpha value is -2.48. The normalized spacial score (nSPS) is 11.8.